The number of fused-ring (bicyclic) bond motifs is 1. The normalized spacial score (nSPS) is 20.5. The van der Waals surface area contributed by atoms with Gasteiger partial charge in [0.15, 0.2) is 0 Å². The van der Waals surface area contributed by atoms with E-state index in [1.807, 2.05) is 0 Å². The van der Waals surface area contributed by atoms with Gasteiger partial charge < -0.3 is 9.88 Å². The van der Waals surface area contributed by atoms with Crippen molar-refractivity contribution in [3.8, 4) is 0 Å². The second-order valence-corrected chi connectivity index (χ2v) is 6.84. The fraction of sp³-hybridized carbons (Fsp3) is 0.562. The van der Waals surface area contributed by atoms with E-state index < -0.39 is 0 Å². The summed E-state index contributed by atoms with van der Waals surface area (Å²) in [6.45, 7) is 5.59. The number of hydrogen-bond acceptors (Lipinski definition) is 2. The number of nitrogens with one attached hydrogen (secondary N) is 1. The van der Waals surface area contributed by atoms with Gasteiger partial charge in [-0.15, -0.1) is 0 Å². The van der Waals surface area contributed by atoms with Crippen molar-refractivity contribution in [2.45, 2.75) is 51.6 Å². The van der Waals surface area contributed by atoms with E-state index in [4.69, 9.17) is 4.98 Å². The summed E-state index contributed by atoms with van der Waals surface area (Å²) in [6.07, 6.45) is 5.10. The molecule has 1 aromatic carbocycles. The van der Waals surface area contributed by atoms with Crippen LogP contribution in [0.15, 0.2) is 22.7 Å². The van der Waals surface area contributed by atoms with Crippen LogP contribution < -0.4 is 5.32 Å². The Labute approximate surface area is 128 Å². The molecule has 1 aliphatic rings. The van der Waals surface area contributed by atoms with Crippen molar-refractivity contribution in [3.63, 3.8) is 0 Å². The lowest BCUT2D eigenvalue weighted by molar-refractivity contribution is 0.464. The molecule has 3 nitrogen and oxygen atoms in total. The maximum absolute atomic E-state index is 4.93. The molecule has 3 rings (SSSR count). The van der Waals surface area contributed by atoms with Crippen molar-refractivity contribution in [1.29, 1.82) is 0 Å². The largest absolute Gasteiger partial charge is 0.324 e. The van der Waals surface area contributed by atoms with Gasteiger partial charge in [-0.3, -0.25) is 0 Å². The highest BCUT2D eigenvalue weighted by atomic mass is 79.9. The van der Waals surface area contributed by atoms with Crippen LogP contribution in [0, 0.1) is 0 Å². The fourth-order valence-electron chi connectivity index (χ4n) is 3.13. The van der Waals surface area contributed by atoms with Crippen molar-refractivity contribution in [3.05, 3.63) is 28.5 Å². The Balaban J connectivity index is 2.10. The van der Waals surface area contributed by atoms with Crippen molar-refractivity contribution in [2.24, 2.45) is 0 Å². The lowest BCUT2D eigenvalue weighted by Gasteiger charge is -2.20. The molecule has 0 radical (unpaired) electrons. The van der Waals surface area contributed by atoms with Crippen LogP contribution in [0.2, 0.25) is 0 Å². The third kappa shape index (κ3) is 2.63. The third-order valence-electron chi connectivity index (χ3n) is 4.07. The molecule has 0 spiro atoms. The van der Waals surface area contributed by atoms with Gasteiger partial charge in [0.1, 0.15) is 5.82 Å². The predicted molar refractivity (Wildman–Crippen MR) is 87.0 cm³/mol. The zero-order valence-electron chi connectivity index (χ0n) is 12.2. The van der Waals surface area contributed by atoms with Gasteiger partial charge in [0, 0.05) is 10.5 Å². The summed E-state index contributed by atoms with van der Waals surface area (Å²) in [4.78, 5) is 4.93. The molecule has 108 valence electrons. The molecule has 2 heterocycles. The molecule has 1 N–H and O–H groups in total. The second kappa shape index (κ2) is 5.86. The highest BCUT2D eigenvalue weighted by Crippen LogP contribution is 2.30. The van der Waals surface area contributed by atoms with E-state index in [9.17, 15) is 0 Å². The molecule has 1 atom stereocenters. The Morgan fingerprint density at radius 1 is 1.30 bits per heavy atom. The third-order valence-corrected chi connectivity index (χ3v) is 4.56. The SMILES string of the molecule is CC(C)n1c(C2CCCCCN2)nc2cc(Br)ccc21. The monoisotopic (exact) mass is 335 g/mol. The van der Waals surface area contributed by atoms with Crippen LogP contribution in [0.4, 0.5) is 0 Å². The Hall–Kier alpha value is -0.870. The zero-order valence-corrected chi connectivity index (χ0v) is 13.8. The highest BCUT2D eigenvalue weighted by Gasteiger charge is 2.22. The summed E-state index contributed by atoms with van der Waals surface area (Å²) >= 11 is 3.55. The van der Waals surface area contributed by atoms with E-state index >= 15 is 0 Å². The summed E-state index contributed by atoms with van der Waals surface area (Å²) in [6, 6.07) is 7.22. The standard InChI is InChI=1S/C16H22BrN3/c1-11(2)20-15-8-7-12(17)10-14(15)19-16(20)13-6-4-3-5-9-18-13/h7-8,10-11,13,18H,3-6,9H2,1-2H3. The van der Waals surface area contributed by atoms with E-state index in [1.165, 1.54) is 37.0 Å². The number of halogens is 1. The van der Waals surface area contributed by atoms with Crippen LogP contribution in [0.5, 0.6) is 0 Å². The second-order valence-electron chi connectivity index (χ2n) is 5.92. The Morgan fingerprint density at radius 2 is 2.15 bits per heavy atom. The van der Waals surface area contributed by atoms with Gasteiger partial charge in [0.2, 0.25) is 0 Å². The molecule has 0 saturated carbocycles. The van der Waals surface area contributed by atoms with Gasteiger partial charge in [0.05, 0.1) is 17.1 Å². The fourth-order valence-corrected chi connectivity index (χ4v) is 3.48. The van der Waals surface area contributed by atoms with E-state index in [0.717, 1.165) is 16.5 Å². The van der Waals surface area contributed by atoms with Crippen molar-refractivity contribution in [1.82, 2.24) is 14.9 Å². The van der Waals surface area contributed by atoms with Gasteiger partial charge >= 0.3 is 0 Å². The minimum Gasteiger partial charge on any atom is -0.324 e. The van der Waals surface area contributed by atoms with Crippen LogP contribution in [0.25, 0.3) is 11.0 Å². The molecular weight excluding hydrogens is 314 g/mol. The molecule has 1 saturated heterocycles. The Kier molecular flexibility index (Phi) is 4.13. The van der Waals surface area contributed by atoms with Gasteiger partial charge in [-0.25, -0.2) is 4.98 Å². The molecule has 1 unspecified atom stereocenters. The topological polar surface area (TPSA) is 29.9 Å². The molecule has 1 fully saturated rings. The maximum Gasteiger partial charge on any atom is 0.127 e. The van der Waals surface area contributed by atoms with E-state index in [2.05, 4.69) is 57.9 Å². The van der Waals surface area contributed by atoms with E-state index in [0.29, 0.717) is 12.1 Å². The van der Waals surface area contributed by atoms with Crippen LogP contribution in [0.1, 0.15) is 57.4 Å². The smallest absolute Gasteiger partial charge is 0.127 e. The highest BCUT2D eigenvalue weighted by molar-refractivity contribution is 9.10. The quantitative estimate of drug-likeness (QED) is 0.870. The molecule has 1 aromatic heterocycles. The summed E-state index contributed by atoms with van der Waals surface area (Å²) < 4.78 is 3.49. The van der Waals surface area contributed by atoms with Crippen molar-refractivity contribution < 1.29 is 0 Å². The average molecular weight is 336 g/mol. The van der Waals surface area contributed by atoms with Crippen molar-refractivity contribution >= 4 is 27.0 Å². The lowest BCUT2D eigenvalue weighted by atomic mass is 10.1. The minimum atomic E-state index is 0.395. The molecule has 20 heavy (non-hydrogen) atoms. The number of benzene rings is 1. The van der Waals surface area contributed by atoms with Crippen LogP contribution in [0.3, 0.4) is 0 Å². The zero-order chi connectivity index (χ0) is 14.1. The van der Waals surface area contributed by atoms with Crippen molar-refractivity contribution in [2.75, 3.05) is 6.54 Å². The summed E-state index contributed by atoms with van der Waals surface area (Å²) in [7, 11) is 0. The van der Waals surface area contributed by atoms with Crippen LogP contribution >= 0.6 is 15.9 Å². The average Bonchev–Trinajstić information content (AvgIpc) is 2.59. The summed E-state index contributed by atoms with van der Waals surface area (Å²) in [5, 5.41) is 3.67. The first-order valence-electron chi connectivity index (χ1n) is 7.57. The van der Waals surface area contributed by atoms with E-state index in [-0.39, 0.29) is 0 Å². The Morgan fingerprint density at radius 3 is 2.95 bits per heavy atom. The number of hydrogen-bond donors (Lipinski definition) is 1. The van der Waals surface area contributed by atoms with Gasteiger partial charge in [-0.05, 0) is 51.4 Å². The molecule has 1 aliphatic heterocycles. The maximum atomic E-state index is 4.93. The molecule has 4 heteroatoms. The number of aromatic nitrogens is 2. The molecule has 0 bridgehead atoms. The predicted octanol–water partition coefficient (Wildman–Crippen LogP) is 4.58. The van der Waals surface area contributed by atoms with Gasteiger partial charge in [-0.2, -0.15) is 0 Å². The molecule has 2 aromatic rings. The van der Waals surface area contributed by atoms with Crippen LogP contribution in [-0.4, -0.2) is 16.1 Å². The van der Waals surface area contributed by atoms with E-state index in [1.54, 1.807) is 0 Å². The Bertz CT molecular complexity index is 595. The number of nitrogens with zero attached hydrogens (tertiary/aromatic N) is 2. The minimum absolute atomic E-state index is 0.395. The first-order chi connectivity index (χ1) is 9.66. The first-order valence-corrected chi connectivity index (χ1v) is 8.37. The van der Waals surface area contributed by atoms with Crippen LogP contribution in [-0.2, 0) is 0 Å². The summed E-state index contributed by atoms with van der Waals surface area (Å²) in [5.74, 6) is 1.20. The molecule has 0 amide bonds. The first kappa shape index (κ1) is 14.1. The summed E-state index contributed by atoms with van der Waals surface area (Å²) in [5.41, 5.74) is 2.33. The van der Waals surface area contributed by atoms with Gasteiger partial charge in [0.25, 0.3) is 0 Å². The van der Waals surface area contributed by atoms with Gasteiger partial charge in [-0.1, -0.05) is 28.8 Å². The number of imidazole rings is 1. The molecule has 0 aliphatic carbocycles. The lowest BCUT2D eigenvalue weighted by Crippen LogP contribution is -2.24. The molecular formula is C16H22BrN3. The number of rotatable bonds is 2.